The topological polar surface area (TPSA) is 18.5 Å². The third-order valence-corrected chi connectivity index (χ3v) is 17.3. The molecule has 0 aliphatic rings. The highest BCUT2D eigenvalue weighted by Gasteiger charge is 2.35. The largest absolute Gasteiger partial charge is 0.543 e. The molecule has 0 N–H and O–H groups in total. The molecule has 0 bridgehead atoms. The summed E-state index contributed by atoms with van der Waals surface area (Å²) in [4.78, 5) is 0. The van der Waals surface area contributed by atoms with E-state index in [9.17, 15) is 0 Å². The van der Waals surface area contributed by atoms with Crippen LogP contribution < -0.4 is 8.85 Å². The van der Waals surface area contributed by atoms with E-state index in [0.717, 1.165) is 47.8 Å². The second kappa shape index (κ2) is 10.5. The van der Waals surface area contributed by atoms with Crippen LogP contribution in [0.1, 0.15) is 67.9 Å². The molecule has 4 heteroatoms. The van der Waals surface area contributed by atoms with Crippen molar-refractivity contribution in [3.63, 3.8) is 0 Å². The van der Waals surface area contributed by atoms with Crippen LogP contribution in [0.25, 0.3) is 21.5 Å². The maximum Gasteiger partial charge on any atom is 0.250 e. The molecule has 2 nitrogen and oxygen atoms in total. The van der Waals surface area contributed by atoms with Crippen LogP contribution in [0, 0.1) is 0 Å². The Morgan fingerprint density at radius 3 is 1.32 bits per heavy atom. The first kappa shape index (κ1) is 26.8. The molecule has 0 radical (unpaired) electrons. The molecule has 0 atom stereocenters. The highest BCUT2D eigenvalue weighted by atomic mass is 28.4. The van der Waals surface area contributed by atoms with Crippen molar-refractivity contribution in [2.24, 2.45) is 0 Å². The van der Waals surface area contributed by atoms with Crippen molar-refractivity contribution in [3.8, 4) is 11.5 Å². The second-order valence-corrected chi connectivity index (χ2v) is 20.3. The van der Waals surface area contributed by atoms with E-state index >= 15 is 0 Å². The molecule has 0 heterocycles. The lowest BCUT2D eigenvalue weighted by atomic mass is 9.85. The van der Waals surface area contributed by atoms with E-state index in [1.807, 2.05) is 0 Å². The summed E-state index contributed by atoms with van der Waals surface area (Å²) in [6.07, 6.45) is 0. The lowest BCUT2D eigenvalue weighted by molar-refractivity contribution is 0.534. The van der Waals surface area contributed by atoms with Crippen LogP contribution in [-0.4, -0.2) is 16.6 Å². The fourth-order valence-corrected chi connectivity index (χ4v) is 10.3. The molecular formula is C30H46O2Si2. The molecule has 0 aromatic heterocycles. The highest BCUT2D eigenvalue weighted by molar-refractivity contribution is 6.75. The number of hydrogen-bond donors (Lipinski definition) is 0. The van der Waals surface area contributed by atoms with Crippen LogP contribution in [0.15, 0.2) is 42.5 Å². The minimum absolute atomic E-state index is 0.0711. The van der Waals surface area contributed by atoms with Crippen LogP contribution in [-0.2, 0) is 5.41 Å². The molecule has 3 aromatic rings. The third-order valence-electron chi connectivity index (χ3n) is 8.29. The van der Waals surface area contributed by atoms with Crippen LogP contribution in [0.4, 0.5) is 0 Å². The average Bonchev–Trinajstić information content (AvgIpc) is 2.86. The molecule has 3 aromatic carbocycles. The summed E-state index contributed by atoms with van der Waals surface area (Å²) in [6.45, 7) is 20.7. The average molecular weight is 495 g/mol. The number of fused-ring (bicyclic) bond motifs is 2. The van der Waals surface area contributed by atoms with E-state index < -0.39 is 16.6 Å². The summed E-state index contributed by atoms with van der Waals surface area (Å²) in [5.41, 5.74) is 1.41. The molecule has 0 unspecified atom stereocenters. The first-order valence-electron chi connectivity index (χ1n) is 13.5. The van der Waals surface area contributed by atoms with Gasteiger partial charge in [0.25, 0.3) is 16.6 Å². The van der Waals surface area contributed by atoms with Gasteiger partial charge in [-0.25, -0.2) is 0 Å². The van der Waals surface area contributed by atoms with Gasteiger partial charge in [-0.2, -0.15) is 0 Å². The third kappa shape index (κ3) is 4.94. The van der Waals surface area contributed by atoms with Crippen molar-refractivity contribution in [3.05, 3.63) is 48.0 Å². The molecule has 0 saturated carbocycles. The molecule has 0 saturated heterocycles. The molecule has 34 heavy (non-hydrogen) atoms. The van der Waals surface area contributed by atoms with E-state index in [1.54, 1.807) is 0 Å². The minimum atomic E-state index is -1.87. The van der Waals surface area contributed by atoms with Crippen molar-refractivity contribution in [1.82, 2.24) is 0 Å². The number of benzene rings is 3. The van der Waals surface area contributed by atoms with Gasteiger partial charge in [0, 0.05) is 21.5 Å². The molecule has 0 aliphatic heterocycles. The fraction of sp³-hybridized carbons (Fsp3) is 0.533. The van der Waals surface area contributed by atoms with Crippen molar-refractivity contribution >= 4 is 38.2 Å². The van der Waals surface area contributed by atoms with Crippen molar-refractivity contribution in [1.29, 1.82) is 0 Å². The summed E-state index contributed by atoms with van der Waals surface area (Å²) >= 11 is 0. The predicted octanol–water partition coefficient (Wildman–Crippen LogP) is 10.1. The van der Waals surface area contributed by atoms with Gasteiger partial charge in [0.05, 0.1) is 0 Å². The Morgan fingerprint density at radius 1 is 0.559 bits per heavy atom. The zero-order valence-electron chi connectivity index (χ0n) is 23.1. The minimum Gasteiger partial charge on any atom is -0.543 e. The number of rotatable bonds is 10. The van der Waals surface area contributed by atoms with Crippen LogP contribution in [0.5, 0.6) is 11.5 Å². The normalized spacial score (nSPS) is 13.0. The SMILES string of the molecule is CC[Si](CC)(CC)Oc1c2ccccc2c(O[Si](CC)(CC)CC)c2cc(C(C)(C)C)ccc12. The smallest absolute Gasteiger partial charge is 0.250 e. The van der Waals surface area contributed by atoms with Crippen LogP contribution >= 0.6 is 0 Å². The molecule has 0 aliphatic carbocycles. The van der Waals surface area contributed by atoms with Gasteiger partial charge in [-0.05, 0) is 53.3 Å². The molecule has 3 rings (SSSR count). The molecule has 0 fully saturated rings. The highest BCUT2D eigenvalue weighted by Crippen LogP contribution is 2.47. The predicted molar refractivity (Wildman–Crippen MR) is 156 cm³/mol. The van der Waals surface area contributed by atoms with Crippen molar-refractivity contribution < 1.29 is 8.85 Å². The maximum absolute atomic E-state index is 7.20. The van der Waals surface area contributed by atoms with Gasteiger partial charge < -0.3 is 8.85 Å². The van der Waals surface area contributed by atoms with Gasteiger partial charge in [0.2, 0.25) is 0 Å². The van der Waals surface area contributed by atoms with Crippen LogP contribution in [0.2, 0.25) is 36.3 Å². The Bertz CT molecular complexity index is 1110. The first-order valence-corrected chi connectivity index (χ1v) is 18.6. The molecular weight excluding hydrogens is 449 g/mol. The van der Waals surface area contributed by atoms with Gasteiger partial charge in [-0.15, -0.1) is 0 Å². The molecule has 0 amide bonds. The van der Waals surface area contributed by atoms with Crippen molar-refractivity contribution in [2.75, 3.05) is 0 Å². The standard InChI is InChI=1S/C30H46O2Si2/c1-10-33(11-2,12-3)31-28-24-18-16-17-19-25(24)29(32-34(13-4,14-5)15-6)27-22-23(30(7,8)9)20-21-26(27)28/h16-22H,10-15H2,1-9H3. The Morgan fingerprint density at radius 2 is 0.941 bits per heavy atom. The first-order chi connectivity index (χ1) is 16.1. The molecule has 0 spiro atoms. The van der Waals surface area contributed by atoms with Gasteiger partial charge in [-0.1, -0.05) is 98.7 Å². The summed E-state index contributed by atoms with van der Waals surface area (Å²) in [5.74, 6) is 2.16. The second-order valence-electron chi connectivity index (χ2n) is 10.9. The number of hydrogen-bond acceptors (Lipinski definition) is 2. The van der Waals surface area contributed by atoms with E-state index in [0.29, 0.717) is 0 Å². The maximum atomic E-state index is 7.20. The van der Waals surface area contributed by atoms with Gasteiger partial charge in [0.1, 0.15) is 11.5 Å². The Kier molecular flexibility index (Phi) is 8.24. The van der Waals surface area contributed by atoms with Gasteiger partial charge >= 0.3 is 0 Å². The van der Waals surface area contributed by atoms with E-state index in [4.69, 9.17) is 8.85 Å². The Labute approximate surface area is 210 Å². The van der Waals surface area contributed by atoms with Gasteiger partial charge in [0.15, 0.2) is 0 Å². The van der Waals surface area contributed by atoms with E-state index in [2.05, 4.69) is 105 Å². The van der Waals surface area contributed by atoms with Crippen LogP contribution in [0.3, 0.4) is 0 Å². The summed E-state index contributed by atoms with van der Waals surface area (Å²) in [7, 11) is -3.73. The van der Waals surface area contributed by atoms with Gasteiger partial charge in [-0.3, -0.25) is 0 Å². The van der Waals surface area contributed by atoms with E-state index in [-0.39, 0.29) is 5.41 Å². The zero-order valence-corrected chi connectivity index (χ0v) is 25.1. The summed E-state index contributed by atoms with van der Waals surface area (Å²) in [5, 5.41) is 4.83. The van der Waals surface area contributed by atoms with Crippen molar-refractivity contribution in [2.45, 2.75) is 104 Å². The molecule has 186 valence electrons. The fourth-order valence-electron chi connectivity index (χ4n) is 5.15. The zero-order chi connectivity index (χ0) is 25.1. The summed E-state index contributed by atoms with van der Waals surface area (Å²) < 4.78 is 14.4. The Balaban J connectivity index is 2.45. The monoisotopic (exact) mass is 494 g/mol. The lowest BCUT2D eigenvalue weighted by Gasteiger charge is -2.33. The lowest BCUT2D eigenvalue weighted by Crippen LogP contribution is -2.40. The summed E-state index contributed by atoms with van der Waals surface area (Å²) in [6, 6.07) is 22.5. The Hall–Kier alpha value is -1.79. The van der Waals surface area contributed by atoms with E-state index in [1.165, 1.54) is 27.1 Å². The quantitative estimate of drug-likeness (QED) is 0.206.